The quantitative estimate of drug-likeness (QED) is 0.266. The van der Waals surface area contributed by atoms with Gasteiger partial charge in [-0.3, -0.25) is 26.1 Å². The second-order valence-corrected chi connectivity index (χ2v) is 2.69. The first kappa shape index (κ1) is 10.3. The SMILES string of the molecule is NNC1C=CC=CC1([N+](=O)[O-])[N+](=O)[O-]. The van der Waals surface area contributed by atoms with Crippen LogP contribution in [0.4, 0.5) is 0 Å². The van der Waals surface area contributed by atoms with Gasteiger partial charge in [-0.25, -0.2) is 5.43 Å². The van der Waals surface area contributed by atoms with Gasteiger partial charge >= 0.3 is 5.66 Å². The third-order valence-corrected chi connectivity index (χ3v) is 1.98. The Morgan fingerprint density at radius 2 is 1.86 bits per heavy atom. The smallest absolute Gasteiger partial charge is 0.270 e. The van der Waals surface area contributed by atoms with E-state index in [9.17, 15) is 20.2 Å². The van der Waals surface area contributed by atoms with Crippen molar-refractivity contribution >= 4 is 0 Å². The predicted octanol–water partition coefficient (Wildman–Crippen LogP) is -0.806. The van der Waals surface area contributed by atoms with Gasteiger partial charge in [0.2, 0.25) is 0 Å². The topological polar surface area (TPSA) is 124 Å². The van der Waals surface area contributed by atoms with Gasteiger partial charge in [0, 0.05) is 0 Å². The summed E-state index contributed by atoms with van der Waals surface area (Å²) in [5, 5.41) is 21.3. The van der Waals surface area contributed by atoms with Crippen LogP contribution in [0.15, 0.2) is 24.3 Å². The highest BCUT2D eigenvalue weighted by Gasteiger charge is 2.60. The van der Waals surface area contributed by atoms with E-state index in [-0.39, 0.29) is 0 Å². The molecule has 0 aromatic rings. The van der Waals surface area contributed by atoms with Crippen molar-refractivity contribution in [2.75, 3.05) is 0 Å². The minimum absolute atomic E-state index is 0.900. The highest BCUT2D eigenvalue weighted by atomic mass is 16.7. The Hall–Kier alpha value is -1.80. The van der Waals surface area contributed by atoms with Crippen LogP contribution in [0.25, 0.3) is 0 Å². The zero-order valence-corrected chi connectivity index (χ0v) is 6.99. The fraction of sp³-hybridized carbons (Fsp3) is 0.333. The molecule has 0 aromatic carbocycles. The van der Waals surface area contributed by atoms with Gasteiger partial charge in [0.05, 0.1) is 6.08 Å². The predicted molar refractivity (Wildman–Crippen MR) is 46.1 cm³/mol. The first-order valence-corrected chi connectivity index (χ1v) is 3.67. The lowest BCUT2D eigenvalue weighted by Crippen LogP contribution is -2.61. The summed E-state index contributed by atoms with van der Waals surface area (Å²) in [4.78, 5) is 19.4. The molecule has 8 heteroatoms. The monoisotopic (exact) mass is 200 g/mol. The van der Waals surface area contributed by atoms with Crippen LogP contribution in [0.5, 0.6) is 0 Å². The summed E-state index contributed by atoms with van der Waals surface area (Å²) in [6.45, 7) is 0. The maximum atomic E-state index is 10.7. The van der Waals surface area contributed by atoms with Crippen LogP contribution >= 0.6 is 0 Å². The Morgan fingerprint density at radius 1 is 1.29 bits per heavy atom. The number of allylic oxidation sites excluding steroid dienone is 2. The van der Waals surface area contributed by atoms with Crippen molar-refractivity contribution in [2.45, 2.75) is 11.7 Å². The molecule has 1 aliphatic rings. The van der Waals surface area contributed by atoms with Gasteiger partial charge in [0.1, 0.15) is 9.85 Å². The number of hydrazine groups is 1. The van der Waals surface area contributed by atoms with E-state index in [0.29, 0.717) is 0 Å². The van der Waals surface area contributed by atoms with Crippen molar-refractivity contribution in [1.82, 2.24) is 5.43 Å². The van der Waals surface area contributed by atoms with Crippen molar-refractivity contribution in [3.05, 3.63) is 44.5 Å². The van der Waals surface area contributed by atoms with E-state index in [1.54, 1.807) is 0 Å². The second kappa shape index (κ2) is 3.52. The van der Waals surface area contributed by atoms with E-state index in [4.69, 9.17) is 5.84 Å². The Bertz CT molecular complexity index is 310. The number of nitrogens with zero attached hydrogens (tertiary/aromatic N) is 2. The summed E-state index contributed by atoms with van der Waals surface area (Å²) in [7, 11) is 0. The molecule has 0 amide bonds. The van der Waals surface area contributed by atoms with Gasteiger partial charge < -0.3 is 0 Å². The molecule has 8 nitrogen and oxygen atoms in total. The van der Waals surface area contributed by atoms with Crippen LogP contribution in [0.1, 0.15) is 0 Å². The van der Waals surface area contributed by atoms with Crippen molar-refractivity contribution in [3.8, 4) is 0 Å². The molecular formula is C6H8N4O4. The molecule has 0 heterocycles. The van der Waals surface area contributed by atoms with Gasteiger partial charge in [0.25, 0.3) is 0 Å². The van der Waals surface area contributed by atoms with Crippen LogP contribution in [-0.4, -0.2) is 21.6 Å². The van der Waals surface area contributed by atoms with Crippen molar-refractivity contribution in [1.29, 1.82) is 0 Å². The Kier molecular flexibility index (Phi) is 2.58. The molecule has 0 aromatic heterocycles. The minimum Gasteiger partial charge on any atom is -0.270 e. The third kappa shape index (κ3) is 1.26. The number of nitrogens with two attached hydrogens (primary N) is 1. The molecule has 14 heavy (non-hydrogen) atoms. The molecule has 0 radical (unpaired) electrons. The van der Waals surface area contributed by atoms with Crippen LogP contribution in [0.2, 0.25) is 0 Å². The Balaban J connectivity index is 3.20. The molecular weight excluding hydrogens is 192 g/mol. The normalized spacial score (nSPS) is 23.4. The zero-order valence-electron chi connectivity index (χ0n) is 6.99. The van der Waals surface area contributed by atoms with E-state index < -0.39 is 21.6 Å². The molecule has 1 atom stereocenters. The van der Waals surface area contributed by atoms with Crippen LogP contribution in [0.3, 0.4) is 0 Å². The van der Waals surface area contributed by atoms with Crippen LogP contribution < -0.4 is 11.3 Å². The minimum atomic E-state index is -2.41. The van der Waals surface area contributed by atoms with Gasteiger partial charge in [-0.15, -0.1) is 0 Å². The molecule has 3 N–H and O–H groups in total. The van der Waals surface area contributed by atoms with Crippen LogP contribution in [-0.2, 0) is 0 Å². The standard InChI is InChI=1S/C6H8N4O4/c7-8-5-3-1-2-4-6(5,9(11)12)10(13)14/h1-5,8H,7H2. The average molecular weight is 200 g/mol. The van der Waals surface area contributed by atoms with E-state index in [1.807, 2.05) is 5.43 Å². The zero-order chi connectivity index (χ0) is 10.8. The van der Waals surface area contributed by atoms with E-state index in [1.165, 1.54) is 18.2 Å². The Morgan fingerprint density at radius 3 is 2.21 bits per heavy atom. The van der Waals surface area contributed by atoms with E-state index >= 15 is 0 Å². The van der Waals surface area contributed by atoms with Gasteiger partial charge in [-0.05, 0) is 0 Å². The number of hydrogen-bond acceptors (Lipinski definition) is 6. The van der Waals surface area contributed by atoms with Gasteiger partial charge in [0.15, 0.2) is 6.04 Å². The fourth-order valence-electron chi connectivity index (χ4n) is 1.21. The molecule has 1 unspecified atom stereocenters. The van der Waals surface area contributed by atoms with Crippen molar-refractivity contribution < 1.29 is 9.85 Å². The maximum absolute atomic E-state index is 10.7. The highest BCUT2D eigenvalue weighted by Crippen LogP contribution is 2.22. The molecule has 76 valence electrons. The molecule has 0 fully saturated rings. The fourth-order valence-corrected chi connectivity index (χ4v) is 1.21. The highest BCUT2D eigenvalue weighted by molar-refractivity contribution is 5.21. The molecule has 0 bridgehead atoms. The van der Waals surface area contributed by atoms with E-state index in [0.717, 1.165) is 6.08 Å². The maximum Gasteiger partial charge on any atom is 0.497 e. The summed E-state index contributed by atoms with van der Waals surface area (Å²) in [5.41, 5.74) is -0.377. The molecule has 0 saturated heterocycles. The second-order valence-electron chi connectivity index (χ2n) is 2.69. The lowest BCUT2D eigenvalue weighted by molar-refractivity contribution is -0.783. The average Bonchev–Trinajstić information content (AvgIpc) is 2.16. The summed E-state index contributed by atoms with van der Waals surface area (Å²) in [6, 6.07) is -1.16. The number of rotatable bonds is 3. The first-order valence-electron chi connectivity index (χ1n) is 3.67. The third-order valence-electron chi connectivity index (χ3n) is 1.98. The lowest BCUT2D eigenvalue weighted by atomic mass is 9.97. The van der Waals surface area contributed by atoms with Gasteiger partial charge in [-0.2, -0.15) is 0 Å². The molecule has 1 aliphatic carbocycles. The summed E-state index contributed by atoms with van der Waals surface area (Å²) in [5.74, 6) is 5.01. The number of nitrogens with one attached hydrogen (secondary N) is 1. The van der Waals surface area contributed by atoms with Crippen molar-refractivity contribution in [3.63, 3.8) is 0 Å². The van der Waals surface area contributed by atoms with Crippen molar-refractivity contribution in [2.24, 2.45) is 5.84 Å². The van der Waals surface area contributed by atoms with Gasteiger partial charge in [-0.1, -0.05) is 18.2 Å². The lowest BCUT2D eigenvalue weighted by Gasteiger charge is -2.21. The molecule has 1 rings (SSSR count). The Labute approximate surface area is 78.3 Å². The summed E-state index contributed by atoms with van der Waals surface area (Å²) >= 11 is 0. The summed E-state index contributed by atoms with van der Waals surface area (Å²) in [6.07, 6.45) is 4.87. The molecule has 0 aliphatic heterocycles. The number of hydrogen-bond donors (Lipinski definition) is 2. The molecule has 0 saturated carbocycles. The summed E-state index contributed by atoms with van der Waals surface area (Å²) < 4.78 is 0. The first-order chi connectivity index (χ1) is 6.55. The molecule has 0 spiro atoms. The van der Waals surface area contributed by atoms with E-state index in [2.05, 4.69) is 0 Å². The van der Waals surface area contributed by atoms with Crippen LogP contribution in [0, 0.1) is 20.2 Å². The largest absolute Gasteiger partial charge is 0.497 e. The number of nitro groups is 2.